The summed E-state index contributed by atoms with van der Waals surface area (Å²) < 4.78 is 0. The summed E-state index contributed by atoms with van der Waals surface area (Å²) in [4.78, 5) is 14.2. The van der Waals surface area contributed by atoms with Crippen LogP contribution in [-0.4, -0.2) is 43.7 Å². The predicted octanol–water partition coefficient (Wildman–Crippen LogP) is 1.28. The van der Waals surface area contributed by atoms with Crippen molar-refractivity contribution in [3.63, 3.8) is 0 Å². The summed E-state index contributed by atoms with van der Waals surface area (Å²) in [5.74, 6) is 2.23. The summed E-state index contributed by atoms with van der Waals surface area (Å²) in [7, 11) is 0. The second kappa shape index (κ2) is 4.41. The van der Waals surface area contributed by atoms with Gasteiger partial charge in [0.1, 0.15) is 0 Å². The Hall–Kier alpha value is -0.770. The lowest BCUT2D eigenvalue weighted by atomic mass is 9.76. The number of carbonyl (C=O) groups is 1. The highest BCUT2D eigenvalue weighted by molar-refractivity contribution is 5.74. The van der Waals surface area contributed by atoms with Gasteiger partial charge in [-0.05, 0) is 30.6 Å². The van der Waals surface area contributed by atoms with Crippen molar-refractivity contribution < 1.29 is 4.79 Å². The first-order valence-electron chi connectivity index (χ1n) is 7.30. The number of carbonyl (C=O) groups excluding carboxylic acids is 1. The van der Waals surface area contributed by atoms with E-state index >= 15 is 0 Å². The van der Waals surface area contributed by atoms with Gasteiger partial charge in [-0.3, -0.25) is 0 Å². The summed E-state index contributed by atoms with van der Waals surface area (Å²) in [6, 6.07) is 0.158. The molecular weight excluding hydrogens is 226 g/mol. The fourth-order valence-electron chi connectivity index (χ4n) is 3.89. The topological polar surface area (TPSA) is 44.4 Å². The van der Waals surface area contributed by atoms with E-state index in [2.05, 4.69) is 24.5 Å². The molecule has 102 valence electrons. The van der Waals surface area contributed by atoms with Crippen LogP contribution < -0.4 is 10.6 Å². The molecule has 4 heteroatoms. The van der Waals surface area contributed by atoms with E-state index in [0.29, 0.717) is 11.3 Å². The average Bonchev–Trinajstić information content (AvgIpc) is 2.77. The summed E-state index contributed by atoms with van der Waals surface area (Å²) in [5, 5.41) is 6.56. The fourth-order valence-corrected chi connectivity index (χ4v) is 3.89. The van der Waals surface area contributed by atoms with E-state index in [1.807, 2.05) is 4.90 Å². The van der Waals surface area contributed by atoms with E-state index in [4.69, 9.17) is 0 Å². The monoisotopic (exact) mass is 251 g/mol. The summed E-state index contributed by atoms with van der Waals surface area (Å²) in [6.45, 7) is 9.43. The molecule has 1 saturated carbocycles. The van der Waals surface area contributed by atoms with Gasteiger partial charge in [-0.15, -0.1) is 0 Å². The van der Waals surface area contributed by atoms with E-state index in [1.165, 1.54) is 12.8 Å². The van der Waals surface area contributed by atoms with Gasteiger partial charge in [0.2, 0.25) is 0 Å². The van der Waals surface area contributed by atoms with Crippen LogP contribution in [0.2, 0.25) is 0 Å². The number of likely N-dealkylation sites (tertiary alicyclic amines) is 1. The molecule has 2 N–H and O–H groups in total. The Balaban J connectivity index is 1.46. The van der Waals surface area contributed by atoms with Crippen LogP contribution in [0.4, 0.5) is 4.79 Å². The van der Waals surface area contributed by atoms with Crippen molar-refractivity contribution in [2.45, 2.75) is 26.7 Å². The van der Waals surface area contributed by atoms with Crippen molar-refractivity contribution in [3.05, 3.63) is 0 Å². The number of nitrogens with zero attached hydrogens (tertiary/aromatic N) is 1. The highest BCUT2D eigenvalue weighted by atomic mass is 16.2. The first-order chi connectivity index (χ1) is 8.57. The Morgan fingerprint density at radius 2 is 2.28 bits per heavy atom. The van der Waals surface area contributed by atoms with Crippen molar-refractivity contribution in [3.8, 4) is 0 Å². The first-order valence-corrected chi connectivity index (χ1v) is 7.30. The Labute approximate surface area is 109 Å². The number of hydrogen-bond acceptors (Lipinski definition) is 2. The molecule has 0 unspecified atom stereocenters. The van der Waals surface area contributed by atoms with Gasteiger partial charge in [-0.25, -0.2) is 4.79 Å². The smallest absolute Gasteiger partial charge is 0.317 e. The number of fused-ring (bicyclic) bond motifs is 1. The minimum atomic E-state index is 0.158. The molecule has 18 heavy (non-hydrogen) atoms. The molecule has 0 radical (unpaired) electrons. The van der Waals surface area contributed by atoms with E-state index in [9.17, 15) is 4.79 Å². The molecular formula is C14H25N3O. The maximum Gasteiger partial charge on any atom is 0.317 e. The first kappa shape index (κ1) is 12.3. The fraction of sp³-hybridized carbons (Fsp3) is 0.929. The maximum atomic E-state index is 12.1. The normalized spacial score (nSPS) is 42.6. The van der Waals surface area contributed by atoms with Gasteiger partial charge in [-0.2, -0.15) is 0 Å². The standard InChI is InChI=1S/C14H25N3O/c1-10-3-11(4-10)5-16-13(18)17-7-12-6-15-8-14(12,2)9-17/h10-12,15H,3-9H2,1-2H3,(H,16,18)/t10?,11?,12-,14+/m0/s1. The third-order valence-electron chi connectivity index (χ3n) is 5.20. The minimum Gasteiger partial charge on any atom is -0.338 e. The highest BCUT2D eigenvalue weighted by Crippen LogP contribution is 2.38. The lowest BCUT2D eigenvalue weighted by Gasteiger charge is -2.33. The van der Waals surface area contributed by atoms with Crippen molar-refractivity contribution in [1.29, 1.82) is 0 Å². The molecule has 1 aliphatic carbocycles. The van der Waals surface area contributed by atoms with E-state index in [-0.39, 0.29) is 6.03 Å². The lowest BCUT2D eigenvalue weighted by Crippen LogP contribution is -2.44. The quantitative estimate of drug-likeness (QED) is 0.776. The van der Waals surface area contributed by atoms with Crippen molar-refractivity contribution >= 4 is 6.03 Å². The Morgan fingerprint density at radius 1 is 1.50 bits per heavy atom. The van der Waals surface area contributed by atoms with Crippen LogP contribution in [0.25, 0.3) is 0 Å². The van der Waals surface area contributed by atoms with Crippen LogP contribution in [0.15, 0.2) is 0 Å². The molecule has 2 heterocycles. The van der Waals surface area contributed by atoms with Crippen molar-refractivity contribution in [2.75, 3.05) is 32.7 Å². The van der Waals surface area contributed by atoms with E-state index < -0.39 is 0 Å². The zero-order valence-electron chi connectivity index (χ0n) is 11.5. The van der Waals surface area contributed by atoms with Gasteiger partial charge in [0.25, 0.3) is 0 Å². The van der Waals surface area contributed by atoms with Crippen LogP contribution in [0, 0.1) is 23.2 Å². The molecule has 2 amide bonds. The molecule has 3 aliphatic rings. The maximum absolute atomic E-state index is 12.1. The van der Waals surface area contributed by atoms with Gasteiger partial charge in [-0.1, -0.05) is 13.8 Å². The Kier molecular flexibility index (Phi) is 3.00. The number of urea groups is 1. The van der Waals surface area contributed by atoms with Crippen LogP contribution >= 0.6 is 0 Å². The zero-order chi connectivity index (χ0) is 12.8. The number of amides is 2. The third kappa shape index (κ3) is 2.11. The van der Waals surface area contributed by atoms with Crippen LogP contribution in [0.5, 0.6) is 0 Å². The third-order valence-corrected chi connectivity index (χ3v) is 5.20. The second-order valence-electron chi connectivity index (χ2n) is 6.99. The van der Waals surface area contributed by atoms with Gasteiger partial charge in [0.15, 0.2) is 0 Å². The van der Waals surface area contributed by atoms with Gasteiger partial charge in [0.05, 0.1) is 0 Å². The van der Waals surface area contributed by atoms with Crippen molar-refractivity contribution in [2.24, 2.45) is 23.2 Å². The summed E-state index contributed by atoms with van der Waals surface area (Å²) >= 11 is 0. The van der Waals surface area contributed by atoms with Crippen LogP contribution in [0.1, 0.15) is 26.7 Å². The van der Waals surface area contributed by atoms with Crippen molar-refractivity contribution in [1.82, 2.24) is 15.5 Å². The number of hydrogen-bond donors (Lipinski definition) is 2. The molecule has 2 atom stereocenters. The average molecular weight is 251 g/mol. The van der Waals surface area contributed by atoms with Gasteiger partial charge < -0.3 is 15.5 Å². The summed E-state index contributed by atoms with van der Waals surface area (Å²) in [6.07, 6.45) is 2.56. The largest absolute Gasteiger partial charge is 0.338 e. The Bertz CT molecular complexity index is 340. The van der Waals surface area contributed by atoms with Gasteiger partial charge >= 0.3 is 6.03 Å². The predicted molar refractivity (Wildman–Crippen MR) is 71.3 cm³/mol. The molecule has 4 nitrogen and oxygen atoms in total. The zero-order valence-corrected chi connectivity index (χ0v) is 11.5. The highest BCUT2D eigenvalue weighted by Gasteiger charge is 2.47. The molecule has 2 saturated heterocycles. The molecule has 3 fully saturated rings. The molecule has 3 rings (SSSR count). The molecule has 2 aliphatic heterocycles. The molecule has 0 aromatic rings. The Morgan fingerprint density at radius 3 is 2.94 bits per heavy atom. The van der Waals surface area contributed by atoms with Crippen LogP contribution in [0.3, 0.4) is 0 Å². The van der Waals surface area contributed by atoms with E-state index in [0.717, 1.165) is 44.6 Å². The summed E-state index contributed by atoms with van der Waals surface area (Å²) in [5.41, 5.74) is 0.308. The minimum absolute atomic E-state index is 0.158. The molecule has 0 aromatic carbocycles. The molecule has 0 spiro atoms. The number of rotatable bonds is 2. The molecule has 0 bridgehead atoms. The number of nitrogens with one attached hydrogen (secondary N) is 2. The second-order valence-corrected chi connectivity index (χ2v) is 6.99. The van der Waals surface area contributed by atoms with Gasteiger partial charge in [0, 0.05) is 38.1 Å². The van der Waals surface area contributed by atoms with Crippen LogP contribution in [-0.2, 0) is 0 Å². The molecule has 0 aromatic heterocycles. The lowest BCUT2D eigenvalue weighted by molar-refractivity contribution is 0.180. The van der Waals surface area contributed by atoms with E-state index in [1.54, 1.807) is 0 Å². The SMILES string of the molecule is CC1CC(CNC(=O)N2C[C@@H]3CNC[C@]3(C)C2)C1.